The number of carboxylic acid groups (broad SMARTS) is 1. The van der Waals surface area contributed by atoms with Crippen molar-refractivity contribution in [1.29, 1.82) is 0 Å². The van der Waals surface area contributed by atoms with Gasteiger partial charge in [0, 0.05) is 17.2 Å². The van der Waals surface area contributed by atoms with Gasteiger partial charge in [-0.25, -0.2) is 4.79 Å². The van der Waals surface area contributed by atoms with E-state index in [1.807, 2.05) is 6.07 Å². The second-order valence-corrected chi connectivity index (χ2v) is 6.49. The van der Waals surface area contributed by atoms with Crippen LogP contribution in [-0.2, 0) is 0 Å². The van der Waals surface area contributed by atoms with E-state index in [9.17, 15) is 14.7 Å². The molecule has 0 amide bonds. The highest BCUT2D eigenvalue weighted by molar-refractivity contribution is 6.14. The van der Waals surface area contributed by atoms with Crippen LogP contribution in [0.15, 0.2) is 48.5 Å². The molecule has 0 spiro atoms. The number of carbonyl (C=O) groups excluding carboxylic acids is 1. The first-order chi connectivity index (χ1) is 12.6. The van der Waals surface area contributed by atoms with Crippen molar-refractivity contribution in [2.45, 2.75) is 31.7 Å². The highest BCUT2D eigenvalue weighted by Crippen LogP contribution is 2.22. The van der Waals surface area contributed by atoms with Crippen molar-refractivity contribution in [3.8, 4) is 5.75 Å². The summed E-state index contributed by atoms with van der Waals surface area (Å²) in [7, 11) is 0. The molecule has 1 saturated heterocycles. The molecule has 2 aromatic carbocycles. The van der Waals surface area contributed by atoms with Gasteiger partial charge in [0.05, 0.1) is 12.2 Å². The molecule has 1 atom stereocenters. The highest BCUT2D eigenvalue weighted by atomic mass is 16.5. The normalized spacial score (nSPS) is 16.8. The van der Waals surface area contributed by atoms with Gasteiger partial charge in [-0.2, -0.15) is 0 Å². The molecule has 0 aliphatic carbocycles. The Hall–Kier alpha value is -2.66. The first-order valence-electron chi connectivity index (χ1n) is 8.98. The van der Waals surface area contributed by atoms with Crippen LogP contribution < -0.4 is 10.1 Å². The van der Waals surface area contributed by atoms with Gasteiger partial charge in [-0.1, -0.05) is 36.8 Å². The zero-order valence-corrected chi connectivity index (χ0v) is 14.6. The number of nitrogens with one attached hydrogen (secondary N) is 1. The van der Waals surface area contributed by atoms with Crippen LogP contribution in [0.1, 0.15) is 52.0 Å². The molecule has 1 unspecified atom stereocenters. The molecule has 0 aromatic heterocycles. The summed E-state index contributed by atoms with van der Waals surface area (Å²) in [6, 6.07) is 13.7. The summed E-state index contributed by atoms with van der Waals surface area (Å²) in [5, 5.41) is 12.9. The number of hydrogen-bond acceptors (Lipinski definition) is 4. The maximum absolute atomic E-state index is 12.7. The first-order valence-corrected chi connectivity index (χ1v) is 8.98. The van der Waals surface area contributed by atoms with Gasteiger partial charge < -0.3 is 15.2 Å². The standard InChI is InChI=1S/C21H23NO4/c23-20(15-6-2-1-3-7-15)19-14-17(9-10-18(19)21(24)25)26-13-11-16-8-4-5-12-22-16/h1-3,6-7,9-10,14,16,22H,4-5,8,11-13H2,(H,24,25). The summed E-state index contributed by atoms with van der Waals surface area (Å²) in [5.74, 6) is -0.922. The topological polar surface area (TPSA) is 75.6 Å². The lowest BCUT2D eigenvalue weighted by Gasteiger charge is -2.23. The monoisotopic (exact) mass is 353 g/mol. The molecule has 5 heteroatoms. The van der Waals surface area contributed by atoms with Gasteiger partial charge in [-0.15, -0.1) is 0 Å². The molecular weight excluding hydrogens is 330 g/mol. The zero-order valence-electron chi connectivity index (χ0n) is 14.6. The molecular formula is C21H23NO4. The molecule has 0 saturated carbocycles. The van der Waals surface area contributed by atoms with Crippen molar-refractivity contribution in [3.05, 3.63) is 65.2 Å². The van der Waals surface area contributed by atoms with Gasteiger partial charge in [0.15, 0.2) is 5.78 Å². The maximum Gasteiger partial charge on any atom is 0.336 e. The summed E-state index contributed by atoms with van der Waals surface area (Å²) in [4.78, 5) is 24.2. The predicted molar refractivity (Wildman–Crippen MR) is 99.0 cm³/mol. The van der Waals surface area contributed by atoms with E-state index in [1.54, 1.807) is 30.3 Å². The van der Waals surface area contributed by atoms with Gasteiger partial charge >= 0.3 is 5.97 Å². The largest absolute Gasteiger partial charge is 0.494 e. The number of carboxylic acids is 1. The number of ketones is 1. The maximum atomic E-state index is 12.7. The number of hydrogen-bond donors (Lipinski definition) is 2. The molecule has 2 N–H and O–H groups in total. The second kappa shape index (κ2) is 8.63. The minimum absolute atomic E-state index is 0.0137. The minimum atomic E-state index is -1.12. The Balaban J connectivity index is 1.73. The fraction of sp³-hybridized carbons (Fsp3) is 0.333. The SMILES string of the molecule is O=C(O)c1ccc(OCCC2CCCCN2)cc1C(=O)c1ccccc1. The molecule has 0 bridgehead atoms. The Labute approximate surface area is 153 Å². The van der Waals surface area contributed by atoms with E-state index >= 15 is 0 Å². The van der Waals surface area contributed by atoms with Gasteiger partial charge in [0.1, 0.15) is 5.75 Å². The van der Waals surface area contributed by atoms with Gasteiger partial charge in [0.2, 0.25) is 0 Å². The highest BCUT2D eigenvalue weighted by Gasteiger charge is 2.19. The van der Waals surface area contributed by atoms with Crippen LogP contribution in [0.3, 0.4) is 0 Å². The average molecular weight is 353 g/mol. The van der Waals surface area contributed by atoms with E-state index < -0.39 is 5.97 Å². The second-order valence-electron chi connectivity index (χ2n) is 6.49. The summed E-state index contributed by atoms with van der Waals surface area (Å²) in [5.41, 5.74) is 0.593. The van der Waals surface area contributed by atoms with Crippen LogP contribution >= 0.6 is 0 Å². The summed E-state index contributed by atoms with van der Waals surface area (Å²) < 4.78 is 5.79. The van der Waals surface area contributed by atoms with Crippen LogP contribution in [0, 0.1) is 0 Å². The van der Waals surface area contributed by atoms with E-state index in [0.29, 0.717) is 24.0 Å². The fourth-order valence-electron chi connectivity index (χ4n) is 3.22. The summed E-state index contributed by atoms with van der Waals surface area (Å²) >= 11 is 0. The van der Waals surface area contributed by atoms with E-state index in [2.05, 4.69) is 5.32 Å². The Kier molecular flexibility index (Phi) is 6.02. The number of carbonyl (C=O) groups is 2. The van der Waals surface area contributed by atoms with Crippen molar-refractivity contribution < 1.29 is 19.4 Å². The van der Waals surface area contributed by atoms with Crippen LogP contribution in [0.2, 0.25) is 0 Å². The van der Waals surface area contributed by atoms with Crippen molar-refractivity contribution in [3.63, 3.8) is 0 Å². The van der Waals surface area contributed by atoms with Crippen LogP contribution in [0.25, 0.3) is 0 Å². The summed E-state index contributed by atoms with van der Waals surface area (Å²) in [6.45, 7) is 1.58. The third-order valence-electron chi connectivity index (χ3n) is 4.65. The summed E-state index contributed by atoms with van der Waals surface area (Å²) in [6.07, 6.45) is 4.50. The number of benzene rings is 2. The molecule has 0 radical (unpaired) electrons. The van der Waals surface area contributed by atoms with Gasteiger partial charge in [0.25, 0.3) is 0 Å². The van der Waals surface area contributed by atoms with Crippen LogP contribution in [0.4, 0.5) is 0 Å². The Bertz CT molecular complexity index is 767. The number of piperidine rings is 1. The molecule has 2 aromatic rings. The third-order valence-corrected chi connectivity index (χ3v) is 4.65. The predicted octanol–water partition coefficient (Wildman–Crippen LogP) is 3.53. The zero-order chi connectivity index (χ0) is 18.4. The van der Waals surface area contributed by atoms with Crippen LogP contribution in [0.5, 0.6) is 5.75 Å². The van der Waals surface area contributed by atoms with E-state index in [-0.39, 0.29) is 16.9 Å². The van der Waals surface area contributed by atoms with Crippen LogP contribution in [-0.4, -0.2) is 36.1 Å². The quantitative estimate of drug-likeness (QED) is 0.745. The van der Waals surface area contributed by atoms with Gasteiger partial charge in [-0.05, 0) is 44.0 Å². The molecule has 26 heavy (non-hydrogen) atoms. The van der Waals surface area contributed by atoms with Crippen molar-refractivity contribution in [2.75, 3.05) is 13.2 Å². The number of aromatic carboxylic acids is 1. The molecule has 1 aliphatic rings. The Morgan fingerprint density at radius 3 is 2.58 bits per heavy atom. The van der Waals surface area contributed by atoms with Gasteiger partial charge in [-0.3, -0.25) is 4.79 Å². The van der Waals surface area contributed by atoms with Crippen molar-refractivity contribution >= 4 is 11.8 Å². The van der Waals surface area contributed by atoms with E-state index in [4.69, 9.17) is 4.74 Å². The molecule has 136 valence electrons. The van der Waals surface area contributed by atoms with Crippen molar-refractivity contribution in [2.24, 2.45) is 0 Å². The molecule has 1 heterocycles. The molecule has 5 nitrogen and oxygen atoms in total. The Morgan fingerprint density at radius 2 is 1.88 bits per heavy atom. The minimum Gasteiger partial charge on any atom is -0.494 e. The molecule has 1 aliphatic heterocycles. The fourth-order valence-corrected chi connectivity index (χ4v) is 3.22. The lowest BCUT2D eigenvalue weighted by Crippen LogP contribution is -2.35. The van der Waals surface area contributed by atoms with Crippen molar-refractivity contribution in [1.82, 2.24) is 5.32 Å². The lowest BCUT2D eigenvalue weighted by molar-refractivity contribution is 0.0692. The Morgan fingerprint density at radius 1 is 1.08 bits per heavy atom. The smallest absolute Gasteiger partial charge is 0.336 e. The lowest BCUT2D eigenvalue weighted by atomic mass is 9.98. The number of ether oxygens (including phenoxy) is 1. The molecule has 3 rings (SSSR count). The van der Waals surface area contributed by atoms with E-state index in [1.165, 1.54) is 25.0 Å². The first kappa shape index (κ1) is 18.1. The number of rotatable bonds is 7. The molecule has 1 fully saturated rings. The third kappa shape index (κ3) is 4.49. The average Bonchev–Trinajstić information content (AvgIpc) is 2.68. The van der Waals surface area contributed by atoms with E-state index in [0.717, 1.165) is 19.4 Å².